The molecule has 18 heavy (non-hydrogen) atoms. The Hall–Kier alpha value is -0.930. The Morgan fingerprint density at radius 1 is 1.33 bits per heavy atom. The molecule has 0 spiro atoms. The number of rotatable bonds is 8. The first-order valence-corrected chi connectivity index (χ1v) is 6.71. The summed E-state index contributed by atoms with van der Waals surface area (Å²) in [4.78, 5) is 0. The fraction of sp³-hybridized carbons (Fsp3) is 0.600. The van der Waals surface area contributed by atoms with Crippen LogP contribution in [0.1, 0.15) is 32.8 Å². The van der Waals surface area contributed by atoms with Gasteiger partial charge in [0.2, 0.25) is 0 Å². The Bertz CT molecular complexity index is 341. The summed E-state index contributed by atoms with van der Waals surface area (Å²) in [7, 11) is 0. The molecule has 1 aromatic rings. The second-order valence-electron chi connectivity index (χ2n) is 4.80. The minimum atomic E-state index is -0.166. The summed E-state index contributed by atoms with van der Waals surface area (Å²) in [5.74, 6) is -0.166. The third-order valence-corrected chi connectivity index (χ3v) is 2.78. The van der Waals surface area contributed by atoms with Gasteiger partial charge in [-0.1, -0.05) is 19.1 Å². The number of hydrogen-bond donors (Lipinski definition) is 1. The number of nitrogens with one attached hydrogen (secondary N) is 1. The zero-order chi connectivity index (χ0) is 13.4. The molecule has 0 radical (unpaired) electrons. The fourth-order valence-electron chi connectivity index (χ4n) is 1.96. The molecule has 0 fully saturated rings. The summed E-state index contributed by atoms with van der Waals surface area (Å²) in [6.45, 7) is 7.82. The third-order valence-electron chi connectivity index (χ3n) is 2.78. The smallest absolute Gasteiger partial charge is 0.123 e. The highest BCUT2D eigenvalue weighted by Gasteiger charge is 2.09. The monoisotopic (exact) mass is 253 g/mol. The Labute approximate surface area is 110 Å². The molecule has 0 amide bonds. The SMILES string of the molecule is CCNC(CCOC(C)C)Cc1cccc(F)c1. The van der Waals surface area contributed by atoms with Crippen molar-refractivity contribution >= 4 is 0 Å². The molecule has 2 nitrogen and oxygen atoms in total. The lowest BCUT2D eigenvalue weighted by atomic mass is 10.0. The average molecular weight is 253 g/mol. The molecule has 0 aliphatic rings. The van der Waals surface area contributed by atoms with Gasteiger partial charge >= 0.3 is 0 Å². The standard InChI is InChI=1S/C15H24FNO/c1-4-17-15(8-9-18-12(2)3)11-13-6-5-7-14(16)10-13/h5-7,10,12,15,17H,4,8-9,11H2,1-3H3. The first kappa shape index (κ1) is 15.1. The van der Waals surface area contributed by atoms with Crippen molar-refractivity contribution in [3.05, 3.63) is 35.6 Å². The Balaban J connectivity index is 2.46. The number of hydrogen-bond acceptors (Lipinski definition) is 2. The molecule has 0 aliphatic heterocycles. The molecule has 0 aromatic heterocycles. The lowest BCUT2D eigenvalue weighted by molar-refractivity contribution is 0.0716. The highest BCUT2D eigenvalue weighted by atomic mass is 19.1. The van der Waals surface area contributed by atoms with Crippen LogP contribution in [0.25, 0.3) is 0 Å². The summed E-state index contributed by atoms with van der Waals surface area (Å²) in [5.41, 5.74) is 1.03. The van der Waals surface area contributed by atoms with Crippen molar-refractivity contribution < 1.29 is 9.13 Å². The Kier molecular flexibility index (Phi) is 6.91. The maximum atomic E-state index is 13.1. The topological polar surface area (TPSA) is 21.3 Å². The number of halogens is 1. The molecule has 1 rings (SSSR count). The molecule has 0 aliphatic carbocycles. The summed E-state index contributed by atoms with van der Waals surface area (Å²) in [6.07, 6.45) is 2.05. The Morgan fingerprint density at radius 3 is 2.72 bits per heavy atom. The van der Waals surface area contributed by atoms with Crippen molar-refractivity contribution in [2.24, 2.45) is 0 Å². The van der Waals surface area contributed by atoms with Crippen molar-refractivity contribution in [2.45, 2.75) is 45.8 Å². The van der Waals surface area contributed by atoms with Gasteiger partial charge in [0.1, 0.15) is 5.82 Å². The van der Waals surface area contributed by atoms with Crippen LogP contribution in [-0.4, -0.2) is 25.3 Å². The predicted octanol–water partition coefficient (Wildman–Crippen LogP) is 3.16. The summed E-state index contributed by atoms with van der Waals surface area (Å²) in [6, 6.07) is 7.16. The van der Waals surface area contributed by atoms with E-state index in [1.165, 1.54) is 6.07 Å². The van der Waals surface area contributed by atoms with Gasteiger partial charge in [-0.05, 0) is 50.9 Å². The first-order valence-electron chi connectivity index (χ1n) is 6.71. The quantitative estimate of drug-likeness (QED) is 0.768. The van der Waals surface area contributed by atoms with Gasteiger partial charge in [0.15, 0.2) is 0 Å². The largest absolute Gasteiger partial charge is 0.379 e. The Morgan fingerprint density at radius 2 is 2.11 bits per heavy atom. The van der Waals surface area contributed by atoms with Gasteiger partial charge in [-0.25, -0.2) is 4.39 Å². The van der Waals surface area contributed by atoms with Gasteiger partial charge in [0.05, 0.1) is 6.10 Å². The first-order chi connectivity index (χ1) is 8.61. The molecule has 0 heterocycles. The van der Waals surface area contributed by atoms with Crippen molar-refractivity contribution in [1.82, 2.24) is 5.32 Å². The van der Waals surface area contributed by atoms with Gasteiger partial charge in [-0.2, -0.15) is 0 Å². The van der Waals surface area contributed by atoms with Gasteiger partial charge < -0.3 is 10.1 Å². The lowest BCUT2D eigenvalue weighted by Gasteiger charge is -2.19. The molecule has 1 unspecified atom stereocenters. The molecule has 3 heteroatoms. The minimum Gasteiger partial charge on any atom is -0.379 e. The molecule has 102 valence electrons. The van der Waals surface area contributed by atoms with Crippen molar-refractivity contribution in [2.75, 3.05) is 13.2 Å². The predicted molar refractivity (Wildman–Crippen MR) is 73.3 cm³/mol. The van der Waals surface area contributed by atoms with E-state index in [4.69, 9.17) is 4.74 Å². The molecular weight excluding hydrogens is 229 g/mol. The fourth-order valence-corrected chi connectivity index (χ4v) is 1.96. The second-order valence-corrected chi connectivity index (χ2v) is 4.80. The van der Waals surface area contributed by atoms with E-state index in [1.807, 2.05) is 19.9 Å². The van der Waals surface area contributed by atoms with E-state index >= 15 is 0 Å². The molecule has 1 aromatic carbocycles. The average Bonchev–Trinajstić information content (AvgIpc) is 2.28. The minimum absolute atomic E-state index is 0.166. The molecular formula is C15H24FNO. The van der Waals surface area contributed by atoms with E-state index in [9.17, 15) is 4.39 Å². The van der Waals surface area contributed by atoms with Gasteiger partial charge in [0.25, 0.3) is 0 Å². The summed E-state index contributed by atoms with van der Waals surface area (Å²) < 4.78 is 18.7. The highest BCUT2D eigenvalue weighted by Crippen LogP contribution is 2.09. The summed E-state index contributed by atoms with van der Waals surface area (Å²) in [5, 5.41) is 3.42. The van der Waals surface area contributed by atoms with Crippen LogP contribution in [0.2, 0.25) is 0 Å². The van der Waals surface area contributed by atoms with Crippen LogP contribution in [0.15, 0.2) is 24.3 Å². The number of benzene rings is 1. The summed E-state index contributed by atoms with van der Waals surface area (Å²) >= 11 is 0. The molecule has 1 atom stereocenters. The molecule has 0 saturated carbocycles. The molecule has 0 bridgehead atoms. The molecule has 1 N–H and O–H groups in total. The maximum Gasteiger partial charge on any atom is 0.123 e. The van der Waals surface area contributed by atoms with Crippen LogP contribution in [0.5, 0.6) is 0 Å². The van der Waals surface area contributed by atoms with Crippen LogP contribution < -0.4 is 5.32 Å². The van der Waals surface area contributed by atoms with E-state index in [0.717, 1.165) is 31.6 Å². The van der Waals surface area contributed by atoms with Crippen molar-refractivity contribution in [1.29, 1.82) is 0 Å². The van der Waals surface area contributed by atoms with E-state index < -0.39 is 0 Å². The van der Waals surface area contributed by atoms with Crippen LogP contribution >= 0.6 is 0 Å². The van der Waals surface area contributed by atoms with Gasteiger partial charge in [-0.3, -0.25) is 0 Å². The number of ether oxygens (including phenoxy) is 1. The van der Waals surface area contributed by atoms with Crippen LogP contribution in [0, 0.1) is 5.82 Å². The van der Waals surface area contributed by atoms with Gasteiger partial charge in [-0.15, -0.1) is 0 Å². The normalized spacial score (nSPS) is 12.9. The third kappa shape index (κ3) is 6.12. The van der Waals surface area contributed by atoms with E-state index in [2.05, 4.69) is 12.2 Å². The zero-order valence-corrected chi connectivity index (χ0v) is 11.6. The highest BCUT2D eigenvalue weighted by molar-refractivity contribution is 5.17. The second kappa shape index (κ2) is 8.22. The van der Waals surface area contributed by atoms with Crippen LogP contribution in [0.4, 0.5) is 4.39 Å². The van der Waals surface area contributed by atoms with Crippen LogP contribution in [-0.2, 0) is 11.2 Å². The van der Waals surface area contributed by atoms with E-state index in [1.54, 1.807) is 12.1 Å². The van der Waals surface area contributed by atoms with Gasteiger partial charge in [0, 0.05) is 12.6 Å². The lowest BCUT2D eigenvalue weighted by Crippen LogP contribution is -2.32. The van der Waals surface area contributed by atoms with Crippen LogP contribution in [0.3, 0.4) is 0 Å². The maximum absolute atomic E-state index is 13.1. The molecule has 0 saturated heterocycles. The zero-order valence-electron chi connectivity index (χ0n) is 11.6. The number of likely N-dealkylation sites (N-methyl/N-ethyl adjacent to an activating group) is 1. The van der Waals surface area contributed by atoms with E-state index in [-0.39, 0.29) is 11.9 Å². The van der Waals surface area contributed by atoms with Crippen molar-refractivity contribution in [3.8, 4) is 0 Å². The van der Waals surface area contributed by atoms with Crippen molar-refractivity contribution in [3.63, 3.8) is 0 Å². The van der Waals surface area contributed by atoms with E-state index in [0.29, 0.717) is 6.04 Å².